The molecule has 2 aliphatic rings. The molecule has 2 saturated carbocycles. The van der Waals surface area contributed by atoms with Gasteiger partial charge in [0.2, 0.25) is 0 Å². The van der Waals surface area contributed by atoms with E-state index in [0.29, 0.717) is 11.2 Å². The Morgan fingerprint density at radius 2 is 2.32 bits per heavy atom. The number of hydrogen-bond acceptors (Lipinski definition) is 2. The van der Waals surface area contributed by atoms with Crippen molar-refractivity contribution in [2.24, 2.45) is 17.8 Å². The number of nitrogens with zero attached hydrogens (tertiary/aromatic N) is 1. The summed E-state index contributed by atoms with van der Waals surface area (Å²) in [7, 11) is 0. The molecule has 0 unspecified atom stereocenters. The molecule has 0 spiro atoms. The van der Waals surface area contributed by atoms with Crippen LogP contribution in [-0.2, 0) is 0 Å². The van der Waals surface area contributed by atoms with Crippen molar-refractivity contribution in [1.82, 2.24) is 10.3 Å². The molecule has 1 heterocycles. The third-order valence-corrected chi connectivity index (χ3v) is 4.93. The van der Waals surface area contributed by atoms with Gasteiger partial charge in [-0.2, -0.15) is 0 Å². The van der Waals surface area contributed by atoms with Crippen LogP contribution in [0.4, 0.5) is 5.69 Å². The highest BCUT2D eigenvalue weighted by Crippen LogP contribution is 2.49. The Kier molecular flexibility index (Phi) is 3.69. The molecule has 4 atom stereocenters. The first-order valence-electron chi connectivity index (χ1n) is 7.20. The molecule has 0 amide bonds. The van der Waals surface area contributed by atoms with Gasteiger partial charge in [0, 0.05) is 12.2 Å². The molecule has 2 bridgehead atoms. The number of nitrogens with one attached hydrogen (secondary N) is 2. The molecule has 4 heteroatoms. The maximum atomic E-state index is 5.38. The van der Waals surface area contributed by atoms with E-state index in [0.717, 1.165) is 23.4 Å². The Labute approximate surface area is 120 Å². The first kappa shape index (κ1) is 12.9. The van der Waals surface area contributed by atoms with Gasteiger partial charge in [-0.3, -0.25) is 4.98 Å². The van der Waals surface area contributed by atoms with E-state index in [1.807, 2.05) is 12.1 Å². The summed E-state index contributed by atoms with van der Waals surface area (Å²) in [6, 6.07) is 4.35. The fourth-order valence-corrected chi connectivity index (χ4v) is 4.13. The first-order chi connectivity index (χ1) is 9.22. The number of aromatic nitrogens is 1. The van der Waals surface area contributed by atoms with E-state index in [2.05, 4.69) is 22.5 Å². The fraction of sp³-hybridized carbons (Fsp3) is 0.600. The van der Waals surface area contributed by atoms with E-state index in [4.69, 9.17) is 12.2 Å². The first-order valence-corrected chi connectivity index (χ1v) is 7.60. The average Bonchev–Trinajstić information content (AvgIpc) is 3.02. The van der Waals surface area contributed by atoms with Crippen molar-refractivity contribution in [2.75, 3.05) is 5.32 Å². The van der Waals surface area contributed by atoms with Gasteiger partial charge in [0.25, 0.3) is 0 Å². The summed E-state index contributed by atoms with van der Waals surface area (Å²) in [6.45, 7) is 2.27. The third kappa shape index (κ3) is 2.89. The molecular formula is C15H21N3S. The summed E-state index contributed by atoms with van der Waals surface area (Å²) >= 11 is 5.38. The molecule has 2 aliphatic carbocycles. The van der Waals surface area contributed by atoms with Gasteiger partial charge in [0.1, 0.15) is 0 Å². The quantitative estimate of drug-likeness (QED) is 0.831. The highest BCUT2D eigenvalue weighted by Gasteiger charge is 2.41. The molecule has 0 saturated heterocycles. The summed E-state index contributed by atoms with van der Waals surface area (Å²) < 4.78 is 0. The second kappa shape index (κ2) is 5.45. The average molecular weight is 275 g/mol. The largest absolute Gasteiger partial charge is 0.360 e. The van der Waals surface area contributed by atoms with Crippen LogP contribution in [-0.4, -0.2) is 16.1 Å². The minimum absolute atomic E-state index is 0.465. The Balaban J connectivity index is 1.52. The lowest BCUT2D eigenvalue weighted by Gasteiger charge is -2.29. The van der Waals surface area contributed by atoms with Crippen LogP contribution < -0.4 is 10.6 Å². The summed E-state index contributed by atoms with van der Waals surface area (Å²) in [5.41, 5.74) is 0.945. The SMILES string of the molecule is C[C@@H](NC(=S)Nc1cccnc1)[C@@H]1C[C@H]2CC[C@H]1C2. The van der Waals surface area contributed by atoms with Crippen molar-refractivity contribution in [2.45, 2.75) is 38.6 Å². The molecule has 0 aromatic carbocycles. The van der Waals surface area contributed by atoms with Crippen molar-refractivity contribution >= 4 is 23.0 Å². The van der Waals surface area contributed by atoms with E-state index in [1.165, 1.54) is 25.7 Å². The summed E-state index contributed by atoms with van der Waals surface area (Å²) in [5, 5.41) is 7.36. The maximum Gasteiger partial charge on any atom is 0.171 e. The van der Waals surface area contributed by atoms with Gasteiger partial charge in [-0.15, -0.1) is 0 Å². The van der Waals surface area contributed by atoms with Crippen LogP contribution in [0, 0.1) is 17.8 Å². The molecule has 1 aromatic rings. The van der Waals surface area contributed by atoms with Crippen LogP contribution >= 0.6 is 12.2 Å². The maximum absolute atomic E-state index is 5.38. The lowest BCUT2D eigenvalue weighted by atomic mass is 9.84. The van der Waals surface area contributed by atoms with E-state index >= 15 is 0 Å². The second-order valence-corrected chi connectivity index (χ2v) is 6.38. The van der Waals surface area contributed by atoms with Crippen LogP contribution in [0.3, 0.4) is 0 Å². The fourth-order valence-electron chi connectivity index (χ4n) is 3.82. The zero-order valence-electron chi connectivity index (χ0n) is 11.3. The molecule has 19 heavy (non-hydrogen) atoms. The van der Waals surface area contributed by atoms with Gasteiger partial charge in [0.15, 0.2) is 5.11 Å². The third-order valence-electron chi connectivity index (χ3n) is 4.71. The van der Waals surface area contributed by atoms with Crippen molar-refractivity contribution < 1.29 is 0 Å². The van der Waals surface area contributed by atoms with Gasteiger partial charge in [-0.05, 0) is 68.3 Å². The second-order valence-electron chi connectivity index (χ2n) is 5.97. The van der Waals surface area contributed by atoms with Crippen LogP contribution in [0.15, 0.2) is 24.5 Å². The van der Waals surface area contributed by atoms with E-state index in [1.54, 1.807) is 12.4 Å². The zero-order valence-corrected chi connectivity index (χ0v) is 12.1. The number of hydrogen-bond donors (Lipinski definition) is 2. The summed E-state index contributed by atoms with van der Waals surface area (Å²) in [4.78, 5) is 4.08. The van der Waals surface area contributed by atoms with Crippen molar-refractivity contribution in [1.29, 1.82) is 0 Å². The van der Waals surface area contributed by atoms with Crippen molar-refractivity contribution in [3.63, 3.8) is 0 Å². The molecule has 3 nitrogen and oxygen atoms in total. The Hall–Kier alpha value is -1.16. The highest BCUT2D eigenvalue weighted by atomic mass is 32.1. The molecule has 102 valence electrons. The Bertz CT molecular complexity index is 448. The number of thiocarbonyl (C=S) groups is 1. The number of anilines is 1. The number of pyridine rings is 1. The monoisotopic (exact) mass is 275 g/mol. The topological polar surface area (TPSA) is 37.0 Å². The molecule has 1 aromatic heterocycles. The summed E-state index contributed by atoms with van der Waals surface area (Å²) in [6.07, 6.45) is 9.25. The Morgan fingerprint density at radius 1 is 1.42 bits per heavy atom. The zero-order chi connectivity index (χ0) is 13.2. The van der Waals surface area contributed by atoms with Crippen LogP contribution in [0.2, 0.25) is 0 Å². The smallest absolute Gasteiger partial charge is 0.171 e. The van der Waals surface area contributed by atoms with Crippen LogP contribution in [0.5, 0.6) is 0 Å². The van der Waals surface area contributed by atoms with Crippen molar-refractivity contribution in [3.05, 3.63) is 24.5 Å². The molecule has 0 radical (unpaired) electrons. The van der Waals surface area contributed by atoms with Crippen LogP contribution in [0.25, 0.3) is 0 Å². The number of rotatable bonds is 3. The van der Waals surface area contributed by atoms with Gasteiger partial charge < -0.3 is 10.6 Å². The predicted molar refractivity (Wildman–Crippen MR) is 82.0 cm³/mol. The predicted octanol–water partition coefficient (Wildman–Crippen LogP) is 3.19. The lowest BCUT2D eigenvalue weighted by Crippen LogP contribution is -2.42. The van der Waals surface area contributed by atoms with E-state index < -0.39 is 0 Å². The molecule has 3 rings (SSSR count). The molecule has 2 N–H and O–H groups in total. The van der Waals surface area contributed by atoms with Gasteiger partial charge in [-0.1, -0.05) is 6.42 Å². The van der Waals surface area contributed by atoms with E-state index in [9.17, 15) is 0 Å². The molecular weight excluding hydrogens is 254 g/mol. The summed E-state index contributed by atoms with van der Waals surface area (Å²) in [5.74, 6) is 2.71. The molecule has 2 fully saturated rings. The van der Waals surface area contributed by atoms with Crippen molar-refractivity contribution in [3.8, 4) is 0 Å². The van der Waals surface area contributed by atoms with Gasteiger partial charge in [0.05, 0.1) is 11.9 Å². The highest BCUT2D eigenvalue weighted by molar-refractivity contribution is 7.80. The lowest BCUT2D eigenvalue weighted by molar-refractivity contribution is 0.279. The van der Waals surface area contributed by atoms with Crippen LogP contribution in [0.1, 0.15) is 32.6 Å². The van der Waals surface area contributed by atoms with Gasteiger partial charge in [-0.25, -0.2) is 0 Å². The minimum atomic E-state index is 0.465. The standard InChI is InChI=1S/C15H21N3S/c1-10(14-8-11-4-5-12(14)7-11)17-15(19)18-13-3-2-6-16-9-13/h2-3,6,9-12,14H,4-5,7-8H2,1H3,(H2,17,18,19)/t10-,11+,12+,14+/m1/s1. The minimum Gasteiger partial charge on any atom is -0.360 e. The molecule has 0 aliphatic heterocycles. The Morgan fingerprint density at radius 3 is 2.95 bits per heavy atom. The van der Waals surface area contributed by atoms with E-state index in [-0.39, 0.29) is 0 Å². The normalized spacial score (nSPS) is 30.1. The number of fused-ring (bicyclic) bond motifs is 2. The van der Waals surface area contributed by atoms with Gasteiger partial charge >= 0.3 is 0 Å².